The van der Waals surface area contributed by atoms with Gasteiger partial charge in [-0.2, -0.15) is 5.10 Å². The van der Waals surface area contributed by atoms with Crippen molar-refractivity contribution in [3.8, 4) is 5.75 Å². The van der Waals surface area contributed by atoms with E-state index in [1.54, 1.807) is 18.2 Å². The maximum atomic E-state index is 12.2. The highest BCUT2D eigenvalue weighted by Crippen LogP contribution is 2.29. The van der Waals surface area contributed by atoms with Gasteiger partial charge in [-0.25, -0.2) is 5.43 Å². The number of amides is 2. The Morgan fingerprint density at radius 1 is 1.03 bits per heavy atom. The average molecular weight is 472 g/mol. The lowest BCUT2D eigenvalue weighted by Gasteiger charge is -2.11. The quantitative estimate of drug-likeness (QED) is 0.179. The molecule has 2 amide bonds. The summed E-state index contributed by atoms with van der Waals surface area (Å²) in [5, 5.41) is 9.11. The normalized spacial score (nSPS) is 11.0. The molecule has 0 aromatic heterocycles. The van der Waals surface area contributed by atoms with Crippen molar-refractivity contribution in [2.24, 2.45) is 5.10 Å². The topological polar surface area (TPSA) is 79.8 Å². The van der Waals surface area contributed by atoms with Crippen molar-refractivity contribution in [1.82, 2.24) is 5.43 Å². The molecule has 3 aromatic rings. The first kappa shape index (κ1) is 23.6. The fraction of sp³-hybridized carbons (Fsp3) is 0.208. The SMILES string of the molecule is CCCCOc1ccc2ccccc2c1C=NNC(=O)CC(=O)Nc1cccc(Cl)c1Cl. The van der Waals surface area contributed by atoms with Crippen molar-refractivity contribution in [2.75, 3.05) is 11.9 Å². The molecule has 0 spiro atoms. The van der Waals surface area contributed by atoms with Crippen molar-refractivity contribution < 1.29 is 14.3 Å². The molecule has 0 fully saturated rings. The third-order valence-corrected chi connectivity index (χ3v) is 5.43. The van der Waals surface area contributed by atoms with E-state index in [2.05, 4.69) is 22.8 Å². The molecule has 0 heterocycles. The number of ether oxygens (including phenoxy) is 1. The van der Waals surface area contributed by atoms with Crippen LogP contribution < -0.4 is 15.5 Å². The molecule has 0 radical (unpaired) electrons. The van der Waals surface area contributed by atoms with Crippen molar-refractivity contribution >= 4 is 57.7 Å². The van der Waals surface area contributed by atoms with Gasteiger partial charge in [-0.15, -0.1) is 0 Å². The molecule has 0 saturated carbocycles. The van der Waals surface area contributed by atoms with Crippen LogP contribution in [0.15, 0.2) is 59.7 Å². The van der Waals surface area contributed by atoms with Crippen LogP contribution in [0, 0.1) is 0 Å². The fourth-order valence-corrected chi connectivity index (χ4v) is 3.36. The zero-order valence-corrected chi connectivity index (χ0v) is 19.0. The number of halogens is 2. The lowest BCUT2D eigenvalue weighted by molar-refractivity contribution is -0.126. The van der Waals surface area contributed by atoms with Gasteiger partial charge in [0.1, 0.15) is 12.2 Å². The number of fused-ring (bicyclic) bond motifs is 1. The summed E-state index contributed by atoms with van der Waals surface area (Å²) in [6.07, 6.45) is 3.07. The maximum Gasteiger partial charge on any atom is 0.249 e. The van der Waals surface area contributed by atoms with Gasteiger partial charge >= 0.3 is 0 Å². The molecule has 2 N–H and O–H groups in total. The second-order valence-electron chi connectivity index (χ2n) is 7.02. The Hall–Kier alpha value is -3.09. The predicted molar refractivity (Wildman–Crippen MR) is 130 cm³/mol. The van der Waals surface area contributed by atoms with Gasteiger partial charge < -0.3 is 10.1 Å². The number of carbonyl (C=O) groups is 2. The first-order valence-electron chi connectivity index (χ1n) is 10.2. The summed E-state index contributed by atoms with van der Waals surface area (Å²) >= 11 is 12.0. The molecule has 166 valence electrons. The van der Waals surface area contributed by atoms with Gasteiger partial charge in [0.25, 0.3) is 0 Å². The van der Waals surface area contributed by atoms with Crippen molar-refractivity contribution in [1.29, 1.82) is 0 Å². The molecule has 0 bridgehead atoms. The molecule has 0 atom stereocenters. The van der Waals surface area contributed by atoms with Crippen LogP contribution in [0.2, 0.25) is 10.0 Å². The molecule has 0 saturated heterocycles. The van der Waals surface area contributed by atoms with Crippen LogP contribution in [0.4, 0.5) is 5.69 Å². The van der Waals surface area contributed by atoms with E-state index in [0.29, 0.717) is 23.1 Å². The fourth-order valence-electron chi connectivity index (χ4n) is 3.01. The monoisotopic (exact) mass is 471 g/mol. The van der Waals surface area contributed by atoms with Gasteiger partial charge in [-0.3, -0.25) is 9.59 Å². The van der Waals surface area contributed by atoms with Gasteiger partial charge in [0, 0.05) is 5.56 Å². The predicted octanol–water partition coefficient (Wildman–Crippen LogP) is 5.80. The van der Waals surface area contributed by atoms with Crippen LogP contribution in [-0.4, -0.2) is 24.6 Å². The highest BCUT2D eigenvalue weighted by Gasteiger charge is 2.12. The van der Waals surface area contributed by atoms with Crippen LogP contribution in [0.5, 0.6) is 5.75 Å². The van der Waals surface area contributed by atoms with Gasteiger partial charge in [-0.1, -0.05) is 72.9 Å². The number of nitrogens with one attached hydrogen (secondary N) is 2. The van der Waals surface area contributed by atoms with Crippen molar-refractivity contribution in [2.45, 2.75) is 26.2 Å². The number of hydrogen-bond acceptors (Lipinski definition) is 4. The molecular weight excluding hydrogens is 449 g/mol. The van der Waals surface area contributed by atoms with Crippen LogP contribution in [0.3, 0.4) is 0 Å². The summed E-state index contributed by atoms with van der Waals surface area (Å²) < 4.78 is 5.90. The highest BCUT2D eigenvalue weighted by molar-refractivity contribution is 6.44. The smallest absolute Gasteiger partial charge is 0.249 e. The Morgan fingerprint density at radius 2 is 1.84 bits per heavy atom. The molecule has 8 heteroatoms. The minimum atomic E-state index is -0.564. The van der Waals surface area contributed by atoms with E-state index in [4.69, 9.17) is 27.9 Å². The largest absolute Gasteiger partial charge is 0.493 e. The Morgan fingerprint density at radius 3 is 2.66 bits per heavy atom. The average Bonchev–Trinajstić information content (AvgIpc) is 2.78. The number of anilines is 1. The van der Waals surface area contributed by atoms with E-state index >= 15 is 0 Å². The molecule has 0 aliphatic carbocycles. The molecular formula is C24H23Cl2N3O3. The number of nitrogens with zero attached hydrogens (tertiary/aromatic N) is 1. The van der Waals surface area contributed by atoms with Crippen LogP contribution in [0.1, 0.15) is 31.7 Å². The van der Waals surface area contributed by atoms with Crippen molar-refractivity contribution in [3.05, 3.63) is 70.2 Å². The minimum Gasteiger partial charge on any atom is -0.493 e. The number of carbonyl (C=O) groups excluding carboxylic acids is 2. The standard InChI is InChI=1S/C24H23Cl2N3O3/c1-2-3-13-32-21-12-11-16-7-4-5-8-17(16)18(21)15-27-29-23(31)14-22(30)28-20-10-6-9-19(25)24(20)26/h4-12,15H,2-3,13-14H2,1H3,(H,28,30)(H,29,31). The molecule has 0 aliphatic heterocycles. The zero-order valence-electron chi connectivity index (χ0n) is 17.5. The number of rotatable bonds is 9. The molecule has 0 unspecified atom stereocenters. The number of hydrazone groups is 1. The Kier molecular flexibility index (Phi) is 8.48. The van der Waals surface area contributed by atoms with Gasteiger partial charge in [0.2, 0.25) is 11.8 Å². The van der Waals surface area contributed by atoms with Gasteiger partial charge in [0.05, 0.1) is 28.6 Å². The van der Waals surface area contributed by atoms with E-state index in [1.807, 2.05) is 36.4 Å². The van der Waals surface area contributed by atoms with E-state index in [1.165, 1.54) is 6.21 Å². The number of unbranched alkanes of at least 4 members (excludes halogenated alkanes) is 1. The summed E-state index contributed by atoms with van der Waals surface area (Å²) in [7, 11) is 0. The summed E-state index contributed by atoms with van der Waals surface area (Å²) in [6.45, 7) is 2.69. The van der Waals surface area contributed by atoms with Gasteiger partial charge in [-0.05, 0) is 35.4 Å². The second kappa shape index (κ2) is 11.5. The Balaban J connectivity index is 1.66. The maximum absolute atomic E-state index is 12.2. The minimum absolute atomic E-state index is 0.215. The van der Waals surface area contributed by atoms with Gasteiger partial charge in [0.15, 0.2) is 0 Å². The Labute approximate surface area is 196 Å². The third kappa shape index (κ3) is 6.22. The van der Waals surface area contributed by atoms with Crippen LogP contribution in [0.25, 0.3) is 10.8 Å². The molecule has 3 aromatic carbocycles. The summed E-state index contributed by atoms with van der Waals surface area (Å²) in [5.41, 5.74) is 3.49. The highest BCUT2D eigenvalue weighted by atomic mass is 35.5. The molecule has 0 aliphatic rings. The van der Waals surface area contributed by atoms with Crippen LogP contribution >= 0.6 is 23.2 Å². The summed E-state index contributed by atoms with van der Waals surface area (Å²) in [5.74, 6) is -0.412. The first-order chi connectivity index (χ1) is 15.5. The summed E-state index contributed by atoms with van der Waals surface area (Å²) in [6, 6.07) is 16.6. The number of hydrogen-bond donors (Lipinski definition) is 2. The molecule has 32 heavy (non-hydrogen) atoms. The van der Waals surface area contributed by atoms with Crippen molar-refractivity contribution in [3.63, 3.8) is 0 Å². The summed E-state index contributed by atoms with van der Waals surface area (Å²) in [4.78, 5) is 24.3. The Bertz CT molecular complexity index is 1150. The lowest BCUT2D eigenvalue weighted by Crippen LogP contribution is -2.24. The van der Waals surface area contributed by atoms with E-state index in [9.17, 15) is 9.59 Å². The zero-order chi connectivity index (χ0) is 22.9. The molecule has 6 nitrogen and oxygen atoms in total. The van der Waals surface area contributed by atoms with E-state index in [-0.39, 0.29) is 5.02 Å². The lowest BCUT2D eigenvalue weighted by atomic mass is 10.0. The van der Waals surface area contributed by atoms with E-state index in [0.717, 1.165) is 29.2 Å². The van der Waals surface area contributed by atoms with E-state index < -0.39 is 18.2 Å². The molecule has 3 rings (SSSR count). The number of benzene rings is 3. The van der Waals surface area contributed by atoms with Crippen LogP contribution in [-0.2, 0) is 9.59 Å². The third-order valence-electron chi connectivity index (χ3n) is 4.62. The second-order valence-corrected chi connectivity index (χ2v) is 7.81. The first-order valence-corrected chi connectivity index (χ1v) is 11.0.